The molecule has 1 amide bonds. The lowest BCUT2D eigenvalue weighted by molar-refractivity contribution is -0.116. The van der Waals surface area contributed by atoms with Gasteiger partial charge in [-0.2, -0.15) is 0 Å². The van der Waals surface area contributed by atoms with Crippen molar-refractivity contribution < 1.29 is 24.2 Å². The third kappa shape index (κ3) is 2.93. The molecule has 7 heteroatoms. The number of nitrogens with zero attached hydrogens (tertiary/aromatic N) is 1. The molecule has 2 aromatic carbocycles. The molecule has 1 aromatic heterocycles. The van der Waals surface area contributed by atoms with Crippen LogP contribution in [0.5, 0.6) is 5.75 Å². The van der Waals surface area contributed by atoms with Crippen LogP contribution in [0.4, 0.5) is 10.1 Å². The zero-order chi connectivity index (χ0) is 19.1. The standard InChI is InChI=1S/C20H15FN2O4/c21-12-3-5-13(6-4-12)23-10-16(20(26)27)18-19(23)15(9-17(25)22-18)11-1-7-14(24)8-2-11/h1-8,10,15,24H,9H2,(H,22,25)(H,26,27)/t15-/m0/s1. The highest BCUT2D eigenvalue weighted by Crippen LogP contribution is 2.41. The number of phenols is 1. The molecule has 2 heterocycles. The van der Waals surface area contributed by atoms with Crippen LogP contribution in [0.3, 0.4) is 0 Å². The van der Waals surface area contributed by atoms with Crippen molar-refractivity contribution in [1.29, 1.82) is 0 Å². The molecule has 0 spiro atoms. The highest BCUT2D eigenvalue weighted by molar-refractivity contribution is 6.04. The van der Waals surface area contributed by atoms with Gasteiger partial charge in [0.2, 0.25) is 5.91 Å². The normalized spacial score (nSPS) is 15.9. The van der Waals surface area contributed by atoms with Gasteiger partial charge in [-0.1, -0.05) is 12.1 Å². The van der Waals surface area contributed by atoms with Gasteiger partial charge >= 0.3 is 5.97 Å². The van der Waals surface area contributed by atoms with Crippen molar-refractivity contribution in [3.8, 4) is 11.4 Å². The number of aromatic carboxylic acids is 1. The van der Waals surface area contributed by atoms with E-state index in [2.05, 4.69) is 5.32 Å². The number of carboxylic acid groups (broad SMARTS) is 1. The van der Waals surface area contributed by atoms with E-state index in [1.165, 1.54) is 30.5 Å². The molecule has 3 aromatic rings. The fraction of sp³-hybridized carbons (Fsp3) is 0.100. The van der Waals surface area contributed by atoms with E-state index in [4.69, 9.17) is 0 Å². The van der Waals surface area contributed by atoms with Crippen molar-refractivity contribution in [3.05, 3.63) is 77.4 Å². The molecule has 4 rings (SSSR count). The van der Waals surface area contributed by atoms with Crippen molar-refractivity contribution in [2.45, 2.75) is 12.3 Å². The van der Waals surface area contributed by atoms with Gasteiger partial charge in [0.15, 0.2) is 0 Å². The molecule has 27 heavy (non-hydrogen) atoms. The number of halogens is 1. The van der Waals surface area contributed by atoms with E-state index < -0.39 is 17.7 Å². The molecule has 0 radical (unpaired) electrons. The summed E-state index contributed by atoms with van der Waals surface area (Å²) in [5.41, 5.74) is 2.15. The molecule has 3 N–H and O–H groups in total. The number of carbonyl (C=O) groups is 2. The third-order valence-corrected chi connectivity index (χ3v) is 4.66. The summed E-state index contributed by atoms with van der Waals surface area (Å²) in [6.07, 6.45) is 1.56. The molecular formula is C20H15FN2O4. The van der Waals surface area contributed by atoms with Crippen molar-refractivity contribution in [2.75, 3.05) is 5.32 Å². The summed E-state index contributed by atoms with van der Waals surface area (Å²) in [5.74, 6) is -2.17. The van der Waals surface area contributed by atoms with Crippen molar-refractivity contribution >= 4 is 17.6 Å². The monoisotopic (exact) mass is 366 g/mol. The lowest BCUT2D eigenvalue weighted by Gasteiger charge is -2.26. The number of nitrogens with one attached hydrogen (secondary N) is 1. The number of aromatic hydroxyl groups is 1. The quantitative estimate of drug-likeness (QED) is 0.662. The Balaban J connectivity index is 1.95. The first-order chi connectivity index (χ1) is 12.9. The maximum absolute atomic E-state index is 13.3. The first kappa shape index (κ1) is 16.8. The highest BCUT2D eigenvalue weighted by atomic mass is 19.1. The van der Waals surface area contributed by atoms with Crippen molar-refractivity contribution in [1.82, 2.24) is 4.57 Å². The summed E-state index contributed by atoms with van der Waals surface area (Å²) < 4.78 is 15.0. The molecule has 1 aliphatic heterocycles. The second kappa shape index (κ2) is 6.28. The maximum atomic E-state index is 13.3. The zero-order valence-corrected chi connectivity index (χ0v) is 14.0. The van der Waals surface area contributed by atoms with Gasteiger partial charge in [0.1, 0.15) is 17.1 Å². The summed E-state index contributed by atoms with van der Waals surface area (Å²) >= 11 is 0. The smallest absolute Gasteiger partial charge is 0.339 e. The molecule has 0 bridgehead atoms. The number of hydrogen-bond acceptors (Lipinski definition) is 3. The Bertz CT molecular complexity index is 1040. The number of carbonyl (C=O) groups excluding carboxylic acids is 1. The van der Waals surface area contributed by atoms with Crippen LogP contribution in [-0.2, 0) is 4.79 Å². The first-order valence-electron chi connectivity index (χ1n) is 8.27. The van der Waals surface area contributed by atoms with Crippen molar-refractivity contribution in [2.24, 2.45) is 0 Å². The fourth-order valence-corrected chi connectivity index (χ4v) is 3.43. The third-order valence-electron chi connectivity index (χ3n) is 4.66. The van der Waals surface area contributed by atoms with Crippen LogP contribution in [0.2, 0.25) is 0 Å². The number of aromatic nitrogens is 1. The van der Waals surface area contributed by atoms with Crippen LogP contribution in [0.15, 0.2) is 54.7 Å². The Morgan fingerprint density at radius 1 is 1.11 bits per heavy atom. The number of carboxylic acids is 1. The summed E-state index contributed by atoms with van der Waals surface area (Å²) in [6, 6.07) is 12.1. The molecule has 0 unspecified atom stereocenters. The molecule has 0 saturated heterocycles. The number of benzene rings is 2. The van der Waals surface area contributed by atoms with E-state index in [9.17, 15) is 24.2 Å². The number of hydrogen-bond donors (Lipinski definition) is 3. The van der Waals surface area contributed by atoms with E-state index >= 15 is 0 Å². The average molecular weight is 366 g/mol. The van der Waals surface area contributed by atoms with E-state index in [1.807, 2.05) is 0 Å². The summed E-state index contributed by atoms with van der Waals surface area (Å²) in [5, 5.41) is 21.8. The lowest BCUT2D eigenvalue weighted by atomic mass is 9.88. The van der Waals surface area contributed by atoms with Gasteiger partial charge in [-0.3, -0.25) is 4.79 Å². The number of anilines is 1. The molecule has 136 valence electrons. The zero-order valence-electron chi connectivity index (χ0n) is 14.0. The molecule has 0 saturated carbocycles. The minimum absolute atomic E-state index is 0.0360. The highest BCUT2D eigenvalue weighted by Gasteiger charge is 2.34. The van der Waals surface area contributed by atoms with Gasteiger partial charge < -0.3 is 20.1 Å². The minimum atomic E-state index is -1.17. The van der Waals surface area contributed by atoms with Crippen LogP contribution in [0, 0.1) is 5.82 Å². The fourth-order valence-electron chi connectivity index (χ4n) is 3.43. The Labute approximate surface area is 153 Å². The van der Waals surface area contributed by atoms with Crippen LogP contribution in [0.1, 0.15) is 34.0 Å². The van der Waals surface area contributed by atoms with Gasteiger partial charge in [0, 0.05) is 24.2 Å². The van der Waals surface area contributed by atoms with Crippen LogP contribution in [0.25, 0.3) is 5.69 Å². The molecule has 0 aliphatic carbocycles. The minimum Gasteiger partial charge on any atom is -0.508 e. The topological polar surface area (TPSA) is 91.6 Å². The number of rotatable bonds is 3. The van der Waals surface area contributed by atoms with Gasteiger partial charge in [-0.05, 0) is 42.0 Å². The average Bonchev–Trinajstić information content (AvgIpc) is 3.02. The van der Waals surface area contributed by atoms with E-state index in [0.717, 1.165) is 5.56 Å². The van der Waals surface area contributed by atoms with Crippen LogP contribution >= 0.6 is 0 Å². The summed E-state index contributed by atoms with van der Waals surface area (Å²) in [4.78, 5) is 23.9. The van der Waals surface area contributed by atoms with Gasteiger partial charge in [-0.25, -0.2) is 9.18 Å². The summed E-state index contributed by atoms with van der Waals surface area (Å²) in [6.45, 7) is 0. The van der Waals surface area contributed by atoms with Gasteiger partial charge in [0.25, 0.3) is 0 Å². The second-order valence-corrected chi connectivity index (χ2v) is 6.35. The first-order valence-corrected chi connectivity index (χ1v) is 8.27. The second-order valence-electron chi connectivity index (χ2n) is 6.35. The largest absolute Gasteiger partial charge is 0.508 e. The van der Waals surface area contributed by atoms with E-state index in [1.54, 1.807) is 28.8 Å². The Morgan fingerprint density at radius 2 is 1.78 bits per heavy atom. The molecule has 1 atom stereocenters. The van der Waals surface area contributed by atoms with E-state index in [0.29, 0.717) is 11.4 Å². The van der Waals surface area contributed by atoms with Crippen LogP contribution in [-0.4, -0.2) is 26.7 Å². The Kier molecular flexibility index (Phi) is 3.92. The number of fused-ring (bicyclic) bond motifs is 1. The van der Waals surface area contributed by atoms with Crippen molar-refractivity contribution in [3.63, 3.8) is 0 Å². The van der Waals surface area contributed by atoms with Gasteiger partial charge in [0.05, 0.1) is 11.4 Å². The Morgan fingerprint density at radius 3 is 2.41 bits per heavy atom. The molecule has 6 nitrogen and oxygen atoms in total. The maximum Gasteiger partial charge on any atom is 0.339 e. The van der Waals surface area contributed by atoms with E-state index in [-0.39, 0.29) is 29.3 Å². The number of phenolic OH excluding ortho intramolecular Hbond substituents is 1. The summed E-state index contributed by atoms with van der Waals surface area (Å²) in [7, 11) is 0. The SMILES string of the molecule is O=C1C[C@@H](c2ccc(O)cc2)c2c(c(C(=O)O)cn2-c2ccc(F)cc2)N1. The molecular weight excluding hydrogens is 351 g/mol. The predicted octanol–water partition coefficient (Wildman–Crippen LogP) is 3.49. The molecule has 0 fully saturated rings. The Hall–Kier alpha value is -3.61. The molecule has 1 aliphatic rings. The lowest BCUT2D eigenvalue weighted by Crippen LogP contribution is -2.25. The number of amides is 1. The predicted molar refractivity (Wildman–Crippen MR) is 95.9 cm³/mol. The van der Waals surface area contributed by atoms with Crippen LogP contribution < -0.4 is 5.32 Å². The van der Waals surface area contributed by atoms with Gasteiger partial charge in [-0.15, -0.1) is 0 Å².